The molecule has 0 bridgehead atoms. The number of aliphatic hydroxyl groups is 2. The highest BCUT2D eigenvalue weighted by Gasteiger charge is 2.34. The first kappa shape index (κ1) is 16.9. The van der Waals surface area contributed by atoms with E-state index in [1.807, 2.05) is 0 Å². The molecule has 114 valence electrons. The van der Waals surface area contributed by atoms with Gasteiger partial charge in [0.25, 0.3) is 10.0 Å². The van der Waals surface area contributed by atoms with Crippen LogP contribution in [-0.2, 0) is 14.8 Å². The number of anilines is 1. The Morgan fingerprint density at radius 1 is 1.35 bits per heavy atom. The minimum absolute atomic E-state index is 0.0490. The minimum Gasteiger partial charge on any atom is -0.394 e. The van der Waals surface area contributed by atoms with Gasteiger partial charge < -0.3 is 15.5 Å². The third-order valence-corrected chi connectivity index (χ3v) is 5.34. The highest BCUT2D eigenvalue weighted by Crippen LogP contribution is 2.22. The maximum absolute atomic E-state index is 12.1. The molecular weight excluding hydrogens is 308 g/mol. The Hall–Kier alpha value is -1.14. The Balaban J connectivity index is 2.99. The van der Waals surface area contributed by atoms with Gasteiger partial charge in [-0.25, -0.2) is 8.42 Å². The molecule has 0 aromatic carbocycles. The van der Waals surface area contributed by atoms with Gasteiger partial charge in [-0.15, -0.1) is 10.2 Å². The molecule has 11 heteroatoms. The van der Waals surface area contributed by atoms with Gasteiger partial charge in [-0.1, -0.05) is 18.3 Å². The van der Waals surface area contributed by atoms with Gasteiger partial charge in [-0.05, 0) is 6.42 Å². The van der Waals surface area contributed by atoms with E-state index in [0.29, 0.717) is 11.3 Å². The van der Waals surface area contributed by atoms with Crippen molar-refractivity contribution >= 4 is 32.4 Å². The number of aliphatic hydroxyl groups excluding tert-OH is 2. The van der Waals surface area contributed by atoms with Crippen molar-refractivity contribution in [2.45, 2.75) is 30.1 Å². The number of nitrogens with one attached hydrogen (secondary N) is 2. The molecule has 0 unspecified atom stereocenters. The molecular formula is C9H16N4O5S2. The van der Waals surface area contributed by atoms with Crippen molar-refractivity contribution in [1.29, 1.82) is 0 Å². The lowest BCUT2D eigenvalue weighted by atomic mass is 10.0. The normalized spacial score (nSPS) is 12.4. The van der Waals surface area contributed by atoms with Crippen LogP contribution in [0.3, 0.4) is 0 Å². The molecule has 9 nitrogen and oxygen atoms in total. The Morgan fingerprint density at radius 2 is 1.95 bits per heavy atom. The van der Waals surface area contributed by atoms with Gasteiger partial charge in [-0.3, -0.25) is 4.79 Å². The number of amides is 1. The van der Waals surface area contributed by atoms with Crippen LogP contribution in [0.15, 0.2) is 4.34 Å². The Morgan fingerprint density at radius 3 is 2.40 bits per heavy atom. The first-order chi connectivity index (χ1) is 9.28. The van der Waals surface area contributed by atoms with Crippen molar-refractivity contribution < 1.29 is 23.4 Å². The van der Waals surface area contributed by atoms with Crippen LogP contribution in [-0.4, -0.2) is 53.5 Å². The molecule has 1 aromatic heterocycles. The number of hydrogen-bond donors (Lipinski definition) is 4. The van der Waals surface area contributed by atoms with E-state index in [1.54, 1.807) is 6.92 Å². The van der Waals surface area contributed by atoms with Crippen LogP contribution in [0.5, 0.6) is 0 Å². The SMILES string of the molecule is CCC(CO)(CO)NS(=O)(=O)c1nnc(NC(C)=O)s1. The van der Waals surface area contributed by atoms with Gasteiger partial charge in [0, 0.05) is 6.92 Å². The molecule has 4 N–H and O–H groups in total. The van der Waals surface area contributed by atoms with Crippen LogP contribution < -0.4 is 10.0 Å². The summed E-state index contributed by atoms with van der Waals surface area (Å²) in [6.45, 7) is 1.76. The molecule has 1 aromatic rings. The van der Waals surface area contributed by atoms with Crippen molar-refractivity contribution in [3.05, 3.63) is 0 Å². The van der Waals surface area contributed by atoms with Crippen molar-refractivity contribution in [3.8, 4) is 0 Å². The second kappa shape index (κ2) is 6.54. The van der Waals surface area contributed by atoms with Gasteiger partial charge >= 0.3 is 0 Å². The third kappa shape index (κ3) is 3.93. The minimum atomic E-state index is -4.05. The fraction of sp³-hybridized carbons (Fsp3) is 0.667. The second-order valence-electron chi connectivity index (χ2n) is 4.11. The van der Waals surface area contributed by atoms with E-state index in [1.165, 1.54) is 6.92 Å². The van der Waals surface area contributed by atoms with E-state index >= 15 is 0 Å². The summed E-state index contributed by atoms with van der Waals surface area (Å²) in [7, 11) is -4.05. The van der Waals surface area contributed by atoms with Gasteiger partial charge in [0.05, 0.1) is 18.8 Å². The summed E-state index contributed by atoms with van der Waals surface area (Å²) in [5, 5.41) is 27.8. The summed E-state index contributed by atoms with van der Waals surface area (Å²) in [6.07, 6.45) is 0.191. The van der Waals surface area contributed by atoms with Gasteiger partial charge in [0.1, 0.15) is 0 Å². The average Bonchev–Trinajstić information content (AvgIpc) is 2.84. The molecule has 0 saturated heterocycles. The van der Waals surface area contributed by atoms with Crippen molar-refractivity contribution in [2.75, 3.05) is 18.5 Å². The summed E-state index contributed by atoms with van der Waals surface area (Å²) in [6, 6.07) is 0. The molecule has 1 heterocycles. The number of aromatic nitrogens is 2. The zero-order chi connectivity index (χ0) is 15.4. The largest absolute Gasteiger partial charge is 0.394 e. The Labute approximate surface area is 120 Å². The molecule has 0 radical (unpaired) electrons. The van der Waals surface area contributed by atoms with Crippen molar-refractivity contribution in [3.63, 3.8) is 0 Å². The van der Waals surface area contributed by atoms with E-state index in [0.717, 1.165) is 0 Å². The van der Waals surface area contributed by atoms with Crippen LogP contribution in [0.2, 0.25) is 0 Å². The molecule has 0 aliphatic carbocycles. The third-order valence-electron chi connectivity index (χ3n) is 2.55. The summed E-state index contributed by atoms with van der Waals surface area (Å²) in [5.41, 5.74) is -1.36. The monoisotopic (exact) mass is 324 g/mol. The van der Waals surface area contributed by atoms with Crippen LogP contribution in [0.1, 0.15) is 20.3 Å². The lowest BCUT2D eigenvalue weighted by molar-refractivity contribution is -0.114. The van der Waals surface area contributed by atoms with Crippen molar-refractivity contribution in [1.82, 2.24) is 14.9 Å². The molecule has 1 amide bonds. The fourth-order valence-corrected chi connectivity index (χ4v) is 3.66. The smallest absolute Gasteiger partial charge is 0.270 e. The zero-order valence-corrected chi connectivity index (χ0v) is 12.6. The van der Waals surface area contributed by atoms with Crippen LogP contribution in [0.4, 0.5) is 5.13 Å². The maximum atomic E-state index is 12.1. The predicted molar refractivity (Wildman–Crippen MR) is 71.7 cm³/mol. The standard InChI is InChI=1S/C9H16N4O5S2/c1-3-9(4-14,5-15)13-20(17,18)8-12-11-7(19-8)10-6(2)16/h13-15H,3-5H2,1-2H3,(H,10,11,16). The molecule has 0 saturated carbocycles. The highest BCUT2D eigenvalue weighted by atomic mass is 32.2. The lowest BCUT2D eigenvalue weighted by Crippen LogP contribution is -2.53. The topological polar surface area (TPSA) is 142 Å². The second-order valence-corrected chi connectivity index (χ2v) is 6.94. The molecule has 0 aliphatic rings. The highest BCUT2D eigenvalue weighted by molar-refractivity contribution is 7.91. The van der Waals surface area contributed by atoms with Crippen LogP contribution in [0, 0.1) is 0 Å². The van der Waals surface area contributed by atoms with E-state index in [9.17, 15) is 23.4 Å². The first-order valence-corrected chi connectivity index (χ1v) is 7.95. The number of hydrogen-bond acceptors (Lipinski definition) is 8. The molecule has 0 atom stereocenters. The van der Waals surface area contributed by atoms with Crippen LogP contribution >= 0.6 is 11.3 Å². The van der Waals surface area contributed by atoms with E-state index in [-0.39, 0.29) is 15.9 Å². The number of nitrogens with zero attached hydrogens (tertiary/aromatic N) is 2. The average molecular weight is 324 g/mol. The fourth-order valence-electron chi connectivity index (χ4n) is 1.26. The predicted octanol–water partition coefficient (Wildman–Crippen LogP) is -1.09. The van der Waals surface area contributed by atoms with E-state index in [4.69, 9.17) is 0 Å². The lowest BCUT2D eigenvalue weighted by Gasteiger charge is -2.28. The van der Waals surface area contributed by atoms with Crippen LogP contribution in [0.25, 0.3) is 0 Å². The number of sulfonamides is 1. The summed E-state index contributed by atoms with van der Waals surface area (Å²) in [5.74, 6) is -0.397. The van der Waals surface area contributed by atoms with Gasteiger partial charge in [0.2, 0.25) is 15.4 Å². The maximum Gasteiger partial charge on any atom is 0.270 e. The molecule has 0 fully saturated rings. The summed E-state index contributed by atoms with van der Waals surface area (Å²) in [4.78, 5) is 10.8. The Bertz CT molecular complexity index is 558. The molecule has 1 rings (SSSR count). The molecule has 0 aliphatic heterocycles. The van der Waals surface area contributed by atoms with E-state index in [2.05, 4.69) is 20.2 Å². The number of carbonyl (C=O) groups is 1. The van der Waals surface area contributed by atoms with Crippen molar-refractivity contribution in [2.24, 2.45) is 0 Å². The first-order valence-electron chi connectivity index (χ1n) is 5.65. The van der Waals surface area contributed by atoms with Gasteiger partial charge in [0.15, 0.2) is 0 Å². The number of carbonyl (C=O) groups excluding carboxylic acids is 1. The zero-order valence-electron chi connectivity index (χ0n) is 11.0. The summed E-state index contributed by atoms with van der Waals surface area (Å²) >= 11 is 0.672. The quantitative estimate of drug-likeness (QED) is 0.467. The molecule has 0 spiro atoms. The van der Waals surface area contributed by atoms with Gasteiger partial charge in [-0.2, -0.15) is 4.72 Å². The Kier molecular flexibility index (Phi) is 5.53. The molecule has 20 heavy (non-hydrogen) atoms. The number of rotatable bonds is 7. The summed E-state index contributed by atoms with van der Waals surface area (Å²) < 4.78 is 26.0. The van der Waals surface area contributed by atoms with E-state index < -0.39 is 34.7 Å².